The van der Waals surface area contributed by atoms with Gasteiger partial charge in [0.15, 0.2) is 0 Å². The van der Waals surface area contributed by atoms with E-state index in [2.05, 4.69) is 0 Å². The number of likely N-dealkylation sites (N-methyl/N-ethyl adjacent to an activating group) is 1. The van der Waals surface area contributed by atoms with E-state index < -0.39 is 0 Å². The Labute approximate surface area is 148 Å². The van der Waals surface area contributed by atoms with Crippen LogP contribution in [0.5, 0.6) is 0 Å². The first-order chi connectivity index (χ1) is 11.9. The summed E-state index contributed by atoms with van der Waals surface area (Å²) in [5.41, 5.74) is 0. The Morgan fingerprint density at radius 2 is 1.08 bits per heavy atom. The van der Waals surface area contributed by atoms with Crippen LogP contribution in [0.15, 0.2) is 24.3 Å². The van der Waals surface area contributed by atoms with E-state index in [1.54, 1.807) is 7.05 Å². The van der Waals surface area contributed by atoms with E-state index in [-0.39, 0.29) is 47.7 Å². The van der Waals surface area contributed by atoms with Gasteiger partial charge in [-0.05, 0) is 0 Å². The van der Waals surface area contributed by atoms with Crippen LogP contribution in [-0.2, 0) is 23.9 Å². The van der Waals surface area contributed by atoms with Crippen LogP contribution in [0.1, 0.15) is 27.7 Å². The molecule has 0 radical (unpaired) electrons. The molecule has 0 aromatic heterocycles. The number of imide groups is 2. The van der Waals surface area contributed by atoms with E-state index in [0.717, 1.165) is 4.90 Å². The number of nitrogens with zero attached hydrogens (tertiary/aromatic N) is 2. The molecule has 4 atom stereocenters. The molecular weight excluding hydrogens is 324 g/mol. The lowest BCUT2D eigenvalue weighted by Crippen LogP contribution is -2.30. The Kier molecular flexibility index (Phi) is 7.23. The Morgan fingerprint density at radius 3 is 1.36 bits per heavy atom. The zero-order valence-electron chi connectivity index (χ0n) is 15.6. The molecule has 0 aliphatic carbocycles. The Bertz CT molecular complexity index is 563. The molecule has 0 spiro atoms. The normalized spacial score (nSPS) is 30.5. The predicted octanol–water partition coefficient (Wildman–Crippen LogP) is 1.15. The second-order valence-electron chi connectivity index (χ2n) is 5.31. The fourth-order valence-corrected chi connectivity index (χ4v) is 2.93. The monoisotopic (exact) mass is 350 g/mol. The highest BCUT2D eigenvalue weighted by atomic mass is 16.5. The van der Waals surface area contributed by atoms with Gasteiger partial charge in [-0.15, -0.1) is 0 Å². The first-order valence-electron chi connectivity index (χ1n) is 8.56. The number of carbonyl (C=O) groups is 4. The molecular formula is C18H26N2O5. The Morgan fingerprint density at radius 1 is 0.720 bits per heavy atom. The summed E-state index contributed by atoms with van der Waals surface area (Å²) >= 11 is 0. The van der Waals surface area contributed by atoms with Gasteiger partial charge in [0, 0.05) is 26.2 Å². The van der Waals surface area contributed by atoms with Crippen molar-refractivity contribution < 1.29 is 23.9 Å². The summed E-state index contributed by atoms with van der Waals surface area (Å²) < 4.78 is 5.45. The maximum atomic E-state index is 11.6. The average Bonchev–Trinajstić information content (AvgIpc) is 3.39. The summed E-state index contributed by atoms with van der Waals surface area (Å²) in [5, 5.41) is 0. The SMILES string of the molecule is CC.CC.CN1C(=O)C2C3C=CC(O3)C2C1=O.CN1C(=O)C=CC1=O. The maximum Gasteiger partial charge on any atom is 0.253 e. The molecule has 2 saturated heterocycles. The van der Waals surface area contributed by atoms with Crippen LogP contribution >= 0.6 is 0 Å². The van der Waals surface area contributed by atoms with Gasteiger partial charge in [0.2, 0.25) is 11.8 Å². The lowest BCUT2D eigenvalue weighted by atomic mass is 9.85. The summed E-state index contributed by atoms with van der Waals surface area (Å²) in [6.45, 7) is 8.00. The third-order valence-corrected chi connectivity index (χ3v) is 4.16. The Hall–Kier alpha value is -2.28. The van der Waals surface area contributed by atoms with Crippen molar-refractivity contribution in [3.05, 3.63) is 24.3 Å². The minimum atomic E-state index is -0.243. The van der Waals surface area contributed by atoms with Crippen LogP contribution in [0.2, 0.25) is 0 Å². The zero-order chi connectivity index (χ0) is 19.3. The summed E-state index contributed by atoms with van der Waals surface area (Å²) in [4.78, 5) is 46.2. The second kappa shape index (κ2) is 8.71. The van der Waals surface area contributed by atoms with E-state index >= 15 is 0 Å². The molecule has 0 saturated carbocycles. The van der Waals surface area contributed by atoms with Crippen molar-refractivity contribution >= 4 is 23.6 Å². The number of hydrogen-bond donors (Lipinski definition) is 0. The molecule has 4 heterocycles. The summed E-state index contributed by atoms with van der Waals surface area (Å²) in [5.74, 6) is -1.15. The lowest BCUT2D eigenvalue weighted by Gasteiger charge is -2.10. The van der Waals surface area contributed by atoms with Gasteiger partial charge < -0.3 is 4.74 Å². The molecule has 7 heteroatoms. The lowest BCUT2D eigenvalue weighted by molar-refractivity contribution is -0.141. The molecule has 4 rings (SSSR count). The van der Waals surface area contributed by atoms with Crippen molar-refractivity contribution in [2.24, 2.45) is 11.8 Å². The Balaban J connectivity index is 0.000000226. The van der Waals surface area contributed by atoms with E-state index in [9.17, 15) is 19.2 Å². The van der Waals surface area contributed by atoms with Gasteiger partial charge in [0.25, 0.3) is 11.8 Å². The molecule has 4 aliphatic heterocycles. The minimum Gasteiger partial charge on any atom is -0.365 e. The van der Waals surface area contributed by atoms with E-state index in [1.165, 1.54) is 24.1 Å². The average molecular weight is 350 g/mol. The predicted molar refractivity (Wildman–Crippen MR) is 92.2 cm³/mol. The van der Waals surface area contributed by atoms with Crippen LogP contribution in [0.4, 0.5) is 0 Å². The van der Waals surface area contributed by atoms with Crippen molar-refractivity contribution in [3.8, 4) is 0 Å². The molecule has 0 aromatic carbocycles. The summed E-state index contributed by atoms with van der Waals surface area (Å²) in [6, 6.07) is 0. The van der Waals surface area contributed by atoms with Crippen molar-refractivity contribution in [1.82, 2.24) is 9.80 Å². The summed E-state index contributed by atoms with van der Waals surface area (Å²) in [6.07, 6.45) is 5.96. The van der Waals surface area contributed by atoms with Gasteiger partial charge in [-0.25, -0.2) is 0 Å². The highest BCUT2D eigenvalue weighted by molar-refractivity contribution is 6.12. The molecule has 4 amide bonds. The molecule has 2 fully saturated rings. The van der Waals surface area contributed by atoms with Gasteiger partial charge in [0.05, 0.1) is 24.0 Å². The van der Waals surface area contributed by atoms with Crippen LogP contribution in [0.25, 0.3) is 0 Å². The van der Waals surface area contributed by atoms with Crippen molar-refractivity contribution in [2.75, 3.05) is 14.1 Å². The van der Waals surface area contributed by atoms with Gasteiger partial charge in [0.1, 0.15) is 0 Å². The largest absolute Gasteiger partial charge is 0.365 e. The molecule has 25 heavy (non-hydrogen) atoms. The highest BCUT2D eigenvalue weighted by Crippen LogP contribution is 2.44. The van der Waals surface area contributed by atoms with E-state index in [4.69, 9.17) is 4.74 Å². The van der Waals surface area contributed by atoms with Crippen LogP contribution < -0.4 is 0 Å². The maximum absolute atomic E-state index is 11.6. The quantitative estimate of drug-likeness (QED) is 0.483. The van der Waals surface area contributed by atoms with Gasteiger partial charge in [-0.2, -0.15) is 0 Å². The number of hydrogen-bond acceptors (Lipinski definition) is 5. The third kappa shape index (κ3) is 3.71. The molecule has 0 aromatic rings. The molecule has 2 bridgehead atoms. The molecule has 4 aliphatic rings. The zero-order valence-corrected chi connectivity index (χ0v) is 15.6. The molecule has 7 nitrogen and oxygen atoms in total. The second-order valence-corrected chi connectivity index (χ2v) is 5.31. The first-order valence-corrected chi connectivity index (χ1v) is 8.56. The number of ether oxygens (including phenoxy) is 1. The minimum absolute atomic E-state index is 0.0909. The first kappa shape index (κ1) is 20.8. The van der Waals surface area contributed by atoms with E-state index in [0.29, 0.717) is 0 Å². The van der Waals surface area contributed by atoms with Crippen LogP contribution in [-0.4, -0.2) is 59.7 Å². The summed E-state index contributed by atoms with van der Waals surface area (Å²) in [7, 11) is 2.99. The van der Waals surface area contributed by atoms with Crippen molar-refractivity contribution in [1.29, 1.82) is 0 Å². The molecule has 138 valence electrons. The van der Waals surface area contributed by atoms with Crippen molar-refractivity contribution in [2.45, 2.75) is 39.9 Å². The van der Waals surface area contributed by atoms with E-state index in [1.807, 2.05) is 39.8 Å². The molecule has 0 N–H and O–H groups in total. The van der Waals surface area contributed by atoms with Gasteiger partial charge in [-0.3, -0.25) is 29.0 Å². The van der Waals surface area contributed by atoms with Gasteiger partial charge in [-0.1, -0.05) is 39.8 Å². The number of likely N-dealkylation sites (tertiary alicyclic amines) is 1. The fraction of sp³-hybridized carbons (Fsp3) is 0.556. The number of fused-ring (bicyclic) bond motifs is 5. The number of rotatable bonds is 0. The fourth-order valence-electron chi connectivity index (χ4n) is 2.93. The van der Waals surface area contributed by atoms with Crippen LogP contribution in [0.3, 0.4) is 0 Å². The highest BCUT2D eigenvalue weighted by Gasteiger charge is 2.59. The smallest absolute Gasteiger partial charge is 0.253 e. The number of amides is 4. The third-order valence-electron chi connectivity index (χ3n) is 4.16. The topological polar surface area (TPSA) is 84.0 Å². The standard InChI is InChI=1S/C9H9NO3.C5H5NO2.2C2H6/c1-10-8(11)6-4-2-3-5(13-4)7(6)9(10)12;1-6-4(7)2-3-5(6)8;2*1-2/h2-7H,1H3;2-3H,1H3;2*1-2H3. The number of carbonyl (C=O) groups excluding carboxylic acids is 4. The van der Waals surface area contributed by atoms with Crippen LogP contribution in [0, 0.1) is 11.8 Å². The van der Waals surface area contributed by atoms with Gasteiger partial charge >= 0.3 is 0 Å². The molecule has 4 unspecified atom stereocenters. The van der Waals surface area contributed by atoms with Crippen molar-refractivity contribution in [3.63, 3.8) is 0 Å².